The van der Waals surface area contributed by atoms with Crippen molar-refractivity contribution in [2.75, 3.05) is 0 Å². The van der Waals surface area contributed by atoms with Gasteiger partial charge in [-0.25, -0.2) is 4.68 Å². The SMILES string of the molecule is CC(C)(C)P(c1nnn(-c2ccccc2)c1-c1ccccc1)C(C)(C)C. The van der Waals surface area contributed by atoms with Crippen molar-refractivity contribution in [2.45, 2.75) is 51.9 Å². The molecular weight excluding hydrogens is 337 g/mol. The Kier molecular flexibility index (Phi) is 5.03. The number of hydrogen-bond donors (Lipinski definition) is 0. The Labute approximate surface area is 158 Å². The lowest BCUT2D eigenvalue weighted by Gasteiger charge is -2.40. The average molecular weight is 365 g/mol. The molecule has 0 fully saturated rings. The van der Waals surface area contributed by atoms with Gasteiger partial charge in [0.15, 0.2) is 0 Å². The van der Waals surface area contributed by atoms with Gasteiger partial charge in [0.1, 0.15) is 11.1 Å². The van der Waals surface area contributed by atoms with Gasteiger partial charge in [-0.1, -0.05) is 95.3 Å². The summed E-state index contributed by atoms with van der Waals surface area (Å²) < 4.78 is 2.00. The first-order chi connectivity index (χ1) is 12.2. The zero-order chi connectivity index (χ0) is 18.9. The van der Waals surface area contributed by atoms with Gasteiger partial charge < -0.3 is 0 Å². The Hall–Kier alpha value is -1.99. The maximum Gasteiger partial charge on any atom is 0.115 e. The van der Waals surface area contributed by atoms with E-state index >= 15 is 0 Å². The predicted molar refractivity (Wildman–Crippen MR) is 113 cm³/mol. The van der Waals surface area contributed by atoms with E-state index in [1.54, 1.807) is 0 Å². The van der Waals surface area contributed by atoms with Crippen molar-refractivity contribution in [1.82, 2.24) is 15.0 Å². The van der Waals surface area contributed by atoms with Crippen LogP contribution in [0.15, 0.2) is 60.7 Å². The summed E-state index contributed by atoms with van der Waals surface area (Å²) in [5.41, 5.74) is 4.46. The second kappa shape index (κ2) is 6.96. The Morgan fingerprint density at radius 1 is 0.731 bits per heavy atom. The minimum Gasteiger partial charge on any atom is -0.212 e. The zero-order valence-corrected chi connectivity index (χ0v) is 17.5. The van der Waals surface area contributed by atoms with Crippen LogP contribution in [0.25, 0.3) is 16.9 Å². The average Bonchev–Trinajstić information content (AvgIpc) is 2.98. The lowest BCUT2D eigenvalue weighted by atomic mass is 10.1. The van der Waals surface area contributed by atoms with E-state index < -0.39 is 7.92 Å². The summed E-state index contributed by atoms with van der Waals surface area (Å²) in [7, 11) is -0.546. The summed E-state index contributed by atoms with van der Waals surface area (Å²) in [6.07, 6.45) is 0. The smallest absolute Gasteiger partial charge is 0.115 e. The van der Waals surface area contributed by atoms with E-state index in [2.05, 4.69) is 89.2 Å². The predicted octanol–water partition coefficient (Wildman–Crippen LogP) is 5.64. The zero-order valence-electron chi connectivity index (χ0n) is 16.6. The van der Waals surface area contributed by atoms with Crippen LogP contribution in [-0.4, -0.2) is 25.3 Å². The van der Waals surface area contributed by atoms with Gasteiger partial charge in [-0.05, 0) is 30.4 Å². The van der Waals surface area contributed by atoms with Crippen molar-refractivity contribution in [1.29, 1.82) is 0 Å². The van der Waals surface area contributed by atoms with Gasteiger partial charge in [0, 0.05) is 5.56 Å². The summed E-state index contributed by atoms with van der Waals surface area (Å²) in [6, 6.07) is 20.8. The molecule has 3 rings (SSSR count). The summed E-state index contributed by atoms with van der Waals surface area (Å²) in [5.74, 6) is 0. The number of benzene rings is 2. The maximum atomic E-state index is 4.74. The normalized spacial score (nSPS) is 12.6. The first kappa shape index (κ1) is 18.8. The molecule has 0 aliphatic carbocycles. The number of hydrogen-bond acceptors (Lipinski definition) is 2. The Bertz CT molecular complexity index is 842. The maximum absolute atomic E-state index is 4.74. The molecular formula is C22H28N3P. The molecule has 0 atom stereocenters. The fraction of sp³-hybridized carbons (Fsp3) is 0.364. The molecule has 0 aliphatic heterocycles. The van der Waals surface area contributed by atoms with E-state index in [-0.39, 0.29) is 10.3 Å². The Morgan fingerprint density at radius 3 is 1.73 bits per heavy atom. The van der Waals surface area contributed by atoms with Crippen LogP contribution < -0.4 is 5.44 Å². The number of nitrogens with zero attached hydrogens (tertiary/aromatic N) is 3. The molecule has 0 N–H and O–H groups in total. The second-order valence-corrected chi connectivity index (χ2v) is 12.3. The highest BCUT2D eigenvalue weighted by atomic mass is 31.1. The molecule has 4 heteroatoms. The van der Waals surface area contributed by atoms with Crippen molar-refractivity contribution in [3.63, 3.8) is 0 Å². The summed E-state index contributed by atoms with van der Waals surface area (Å²) >= 11 is 0. The topological polar surface area (TPSA) is 30.7 Å². The first-order valence-corrected chi connectivity index (χ1v) is 10.4. The molecule has 0 unspecified atom stereocenters. The summed E-state index contributed by atoms with van der Waals surface area (Å²) in [6.45, 7) is 13.9. The van der Waals surface area contributed by atoms with Crippen molar-refractivity contribution < 1.29 is 0 Å². The van der Waals surface area contributed by atoms with Crippen LogP contribution >= 0.6 is 7.92 Å². The van der Waals surface area contributed by atoms with Crippen LogP contribution in [-0.2, 0) is 0 Å². The fourth-order valence-corrected chi connectivity index (χ4v) is 7.51. The van der Waals surface area contributed by atoms with E-state index in [9.17, 15) is 0 Å². The summed E-state index contributed by atoms with van der Waals surface area (Å²) in [4.78, 5) is 0. The van der Waals surface area contributed by atoms with Gasteiger partial charge in [-0.3, -0.25) is 0 Å². The lowest BCUT2D eigenvalue weighted by Crippen LogP contribution is -2.32. The fourth-order valence-electron chi connectivity index (χ4n) is 3.66. The third-order valence-electron chi connectivity index (χ3n) is 4.25. The van der Waals surface area contributed by atoms with Gasteiger partial charge >= 0.3 is 0 Å². The minimum absolute atomic E-state index is 0.134. The summed E-state index contributed by atoms with van der Waals surface area (Å²) in [5, 5.41) is 9.60. The molecule has 0 amide bonds. The molecule has 3 aromatic rings. The Balaban J connectivity index is 2.29. The van der Waals surface area contributed by atoms with Gasteiger partial charge in [-0.15, -0.1) is 5.10 Å². The van der Waals surface area contributed by atoms with Crippen LogP contribution in [0.3, 0.4) is 0 Å². The highest BCUT2D eigenvalue weighted by Gasteiger charge is 2.40. The second-order valence-electron chi connectivity index (χ2n) is 8.55. The number of para-hydroxylation sites is 1. The van der Waals surface area contributed by atoms with E-state index in [1.165, 1.54) is 0 Å². The van der Waals surface area contributed by atoms with Crippen molar-refractivity contribution in [2.24, 2.45) is 0 Å². The number of aromatic nitrogens is 3. The lowest BCUT2D eigenvalue weighted by molar-refractivity contribution is 0.713. The molecule has 1 aromatic heterocycles. The standard InChI is InChI=1S/C22H28N3P/c1-21(2,3)26(22(4,5)6)20-19(17-13-9-7-10-14-17)25(24-23-20)18-15-11-8-12-16-18/h7-16H,1-6H3. The van der Waals surface area contributed by atoms with Gasteiger partial charge in [-0.2, -0.15) is 0 Å². The molecule has 136 valence electrons. The third kappa shape index (κ3) is 3.73. The first-order valence-electron chi connectivity index (χ1n) is 9.06. The molecule has 3 nitrogen and oxygen atoms in total. The highest BCUT2D eigenvalue weighted by Crippen LogP contribution is 2.59. The Morgan fingerprint density at radius 2 is 1.23 bits per heavy atom. The monoisotopic (exact) mass is 365 g/mol. The van der Waals surface area contributed by atoms with Crippen LogP contribution in [0.1, 0.15) is 41.5 Å². The van der Waals surface area contributed by atoms with Gasteiger partial charge in [0.05, 0.1) is 5.69 Å². The van der Waals surface area contributed by atoms with E-state index in [0.29, 0.717) is 0 Å². The molecule has 0 aliphatic rings. The quantitative estimate of drug-likeness (QED) is 0.563. The van der Waals surface area contributed by atoms with Crippen molar-refractivity contribution in [3.05, 3.63) is 60.7 Å². The van der Waals surface area contributed by atoms with Crippen LogP contribution in [0.5, 0.6) is 0 Å². The molecule has 0 radical (unpaired) electrons. The number of rotatable bonds is 3. The largest absolute Gasteiger partial charge is 0.212 e. The molecule has 0 spiro atoms. The van der Waals surface area contributed by atoms with Gasteiger partial charge in [0.2, 0.25) is 0 Å². The van der Waals surface area contributed by atoms with E-state index in [4.69, 9.17) is 5.10 Å². The highest BCUT2D eigenvalue weighted by molar-refractivity contribution is 7.68. The van der Waals surface area contributed by atoms with Gasteiger partial charge in [0.25, 0.3) is 0 Å². The van der Waals surface area contributed by atoms with E-state index in [1.807, 2.05) is 22.9 Å². The van der Waals surface area contributed by atoms with Crippen LogP contribution in [0.2, 0.25) is 0 Å². The van der Waals surface area contributed by atoms with Crippen molar-refractivity contribution in [3.8, 4) is 16.9 Å². The van der Waals surface area contributed by atoms with Crippen molar-refractivity contribution >= 4 is 13.4 Å². The third-order valence-corrected chi connectivity index (χ3v) is 7.66. The molecule has 0 saturated carbocycles. The molecule has 0 bridgehead atoms. The molecule has 0 saturated heterocycles. The minimum atomic E-state index is -0.546. The molecule has 2 aromatic carbocycles. The molecule has 1 heterocycles. The van der Waals surface area contributed by atoms with E-state index in [0.717, 1.165) is 22.4 Å². The van der Waals surface area contributed by atoms with Crippen LogP contribution in [0, 0.1) is 0 Å². The molecule has 26 heavy (non-hydrogen) atoms. The van der Waals surface area contributed by atoms with Crippen LogP contribution in [0.4, 0.5) is 0 Å².